The van der Waals surface area contributed by atoms with Crippen LogP contribution >= 0.6 is 0 Å². The smallest absolute Gasteiger partial charge is 0.0730 e. The van der Waals surface area contributed by atoms with E-state index in [1.54, 1.807) is 36.7 Å². The van der Waals surface area contributed by atoms with E-state index in [1.165, 1.54) is 44.5 Å². The molecule has 1 unspecified atom stereocenters. The van der Waals surface area contributed by atoms with E-state index < -0.39 is 32.3 Å². The van der Waals surface area contributed by atoms with E-state index in [0.717, 1.165) is 0 Å². The fourth-order valence-electron chi connectivity index (χ4n) is 8.69. The molecule has 1 aliphatic carbocycles. The molecule has 0 spiro atoms. The van der Waals surface area contributed by atoms with Crippen molar-refractivity contribution in [2.45, 2.75) is 133 Å². The SMILES string of the molecule is CC1=CC(C)([Si](c2cc(C)c(C)c([Si](C)(C)C)c2)(c2cc(C)c(C)c([Si](C)(C)C)c2)c2cc(C)c(C)c([Si](C)(C)C)c2)C(C)=C1C. The van der Waals surface area contributed by atoms with Gasteiger partial charge in [0.1, 0.15) is 0 Å². The van der Waals surface area contributed by atoms with Gasteiger partial charge in [-0.1, -0.05) is 135 Å². The van der Waals surface area contributed by atoms with Crippen molar-refractivity contribution in [1.82, 2.24) is 0 Å². The van der Waals surface area contributed by atoms with Gasteiger partial charge in [-0.2, -0.15) is 0 Å². The van der Waals surface area contributed by atoms with Gasteiger partial charge in [0, 0.05) is 5.04 Å². The van der Waals surface area contributed by atoms with Crippen LogP contribution in [0.2, 0.25) is 64.0 Å². The lowest BCUT2D eigenvalue weighted by molar-refractivity contribution is 0.870. The minimum atomic E-state index is -2.82. The second kappa shape index (κ2) is 11.9. The van der Waals surface area contributed by atoms with Crippen LogP contribution in [-0.2, 0) is 0 Å². The Morgan fingerprint density at radius 1 is 0.435 bits per heavy atom. The van der Waals surface area contributed by atoms with Gasteiger partial charge in [-0.3, -0.25) is 0 Å². The van der Waals surface area contributed by atoms with Gasteiger partial charge in [0.25, 0.3) is 0 Å². The average molecular weight is 681 g/mol. The Hall–Kier alpha value is -1.99. The molecule has 0 amide bonds. The summed E-state index contributed by atoms with van der Waals surface area (Å²) in [7, 11) is -7.75. The van der Waals surface area contributed by atoms with Crippen LogP contribution in [0.3, 0.4) is 0 Å². The molecule has 0 saturated heterocycles. The Bertz CT molecular complexity index is 1610. The normalized spacial score (nSPS) is 18.0. The highest BCUT2D eigenvalue weighted by atomic mass is 28.3. The number of benzene rings is 3. The molecule has 0 heterocycles. The maximum Gasteiger partial charge on any atom is 0.161 e. The van der Waals surface area contributed by atoms with E-state index in [4.69, 9.17) is 0 Å². The third kappa shape index (κ3) is 5.84. The molecular formula is C42H64Si4. The minimum Gasteiger partial charge on any atom is -0.0730 e. The molecule has 1 atom stereocenters. The van der Waals surface area contributed by atoms with Crippen LogP contribution in [0.4, 0.5) is 0 Å². The third-order valence-corrected chi connectivity index (χ3v) is 23.9. The molecule has 4 rings (SSSR count). The van der Waals surface area contributed by atoms with E-state index in [-0.39, 0.29) is 5.04 Å². The average Bonchev–Trinajstić information content (AvgIpc) is 3.10. The summed E-state index contributed by atoms with van der Waals surface area (Å²) in [4.78, 5) is 0. The first-order valence-electron chi connectivity index (χ1n) is 17.5. The monoisotopic (exact) mass is 680 g/mol. The standard InChI is InChI=1S/C42H64Si4/c1-27-20-36(23-39(32(27)6)43(11,12)13)46(42(10)26-30(4)31(5)35(42)9,37-21-28(2)33(7)40(24-37)44(14,15)16)38-22-29(3)34(8)41(25-38)45(17,18)19/h20-26H,1-19H3. The van der Waals surface area contributed by atoms with Gasteiger partial charge in [-0.15, -0.1) is 0 Å². The number of rotatable bonds is 7. The molecule has 0 aromatic heterocycles. The first-order valence-corrected chi connectivity index (χ1v) is 30.0. The fraction of sp³-hybridized carbons (Fsp3) is 0.476. The number of hydrogen-bond acceptors (Lipinski definition) is 0. The van der Waals surface area contributed by atoms with Gasteiger partial charge < -0.3 is 0 Å². The van der Waals surface area contributed by atoms with Crippen molar-refractivity contribution in [3.05, 3.63) is 92.6 Å². The van der Waals surface area contributed by atoms with Crippen molar-refractivity contribution < 1.29 is 0 Å². The zero-order valence-corrected chi connectivity index (χ0v) is 37.0. The van der Waals surface area contributed by atoms with E-state index in [0.29, 0.717) is 0 Å². The second-order valence-corrected chi connectivity index (χ2v) is 37.6. The first-order chi connectivity index (χ1) is 20.8. The minimum absolute atomic E-state index is 0.115. The lowest BCUT2D eigenvalue weighted by atomic mass is 10.0. The molecule has 3 aromatic rings. The topological polar surface area (TPSA) is 0 Å². The quantitative estimate of drug-likeness (QED) is 0.173. The largest absolute Gasteiger partial charge is 0.161 e. The van der Waals surface area contributed by atoms with Crippen LogP contribution in [0.1, 0.15) is 61.1 Å². The van der Waals surface area contributed by atoms with Gasteiger partial charge in [-0.25, -0.2) is 0 Å². The van der Waals surface area contributed by atoms with Crippen LogP contribution in [0.15, 0.2) is 59.2 Å². The second-order valence-electron chi connectivity index (χ2n) is 18.2. The summed E-state index contributed by atoms with van der Waals surface area (Å²) in [6.07, 6.45) is 2.71. The lowest BCUT2D eigenvalue weighted by Gasteiger charge is -2.49. The van der Waals surface area contributed by atoms with Crippen LogP contribution in [0, 0.1) is 41.5 Å². The molecule has 46 heavy (non-hydrogen) atoms. The van der Waals surface area contributed by atoms with Gasteiger partial charge >= 0.3 is 0 Å². The van der Waals surface area contributed by atoms with Crippen LogP contribution in [-0.4, -0.2) is 32.3 Å². The maximum atomic E-state index is 2.74. The van der Waals surface area contributed by atoms with Gasteiger partial charge in [0.05, 0.1) is 24.2 Å². The van der Waals surface area contributed by atoms with Crippen molar-refractivity contribution >= 4 is 63.4 Å². The zero-order valence-electron chi connectivity index (χ0n) is 33.0. The molecule has 0 radical (unpaired) electrons. The molecule has 0 fully saturated rings. The molecule has 248 valence electrons. The highest BCUT2D eigenvalue weighted by molar-refractivity contribution is 7.14. The molecule has 0 saturated carbocycles. The van der Waals surface area contributed by atoms with Crippen molar-refractivity contribution in [2.24, 2.45) is 0 Å². The van der Waals surface area contributed by atoms with Crippen LogP contribution < -0.4 is 31.1 Å². The lowest BCUT2D eigenvalue weighted by Crippen LogP contribution is -2.75. The van der Waals surface area contributed by atoms with E-state index in [1.807, 2.05) is 0 Å². The van der Waals surface area contributed by atoms with E-state index in [2.05, 4.69) is 171 Å². The molecule has 0 N–H and O–H groups in total. The number of allylic oxidation sites excluding steroid dienone is 4. The highest BCUT2D eigenvalue weighted by Gasteiger charge is 2.57. The van der Waals surface area contributed by atoms with Crippen LogP contribution in [0.5, 0.6) is 0 Å². The Kier molecular flexibility index (Phi) is 9.49. The third-order valence-electron chi connectivity index (χ3n) is 11.9. The number of hydrogen-bond donors (Lipinski definition) is 0. The fourth-order valence-corrected chi connectivity index (χ4v) is 21.2. The van der Waals surface area contributed by atoms with Crippen molar-refractivity contribution in [3.8, 4) is 0 Å². The molecule has 0 nitrogen and oxygen atoms in total. The Morgan fingerprint density at radius 3 is 0.935 bits per heavy atom. The molecular weight excluding hydrogens is 617 g/mol. The van der Waals surface area contributed by atoms with Gasteiger partial charge in [-0.05, 0) is 117 Å². The predicted molar refractivity (Wildman–Crippen MR) is 222 cm³/mol. The van der Waals surface area contributed by atoms with Crippen molar-refractivity contribution in [3.63, 3.8) is 0 Å². The Balaban J connectivity index is 2.46. The Morgan fingerprint density at radius 2 is 0.717 bits per heavy atom. The summed E-state index contributed by atoms with van der Waals surface area (Å²) in [5.74, 6) is 0. The first kappa shape index (κ1) is 36.8. The van der Waals surface area contributed by atoms with Crippen molar-refractivity contribution in [1.29, 1.82) is 0 Å². The van der Waals surface area contributed by atoms with Crippen molar-refractivity contribution in [2.75, 3.05) is 0 Å². The summed E-state index contributed by atoms with van der Waals surface area (Å²) in [5.41, 5.74) is 13.4. The summed E-state index contributed by atoms with van der Waals surface area (Å²) >= 11 is 0. The van der Waals surface area contributed by atoms with Crippen LogP contribution in [0.25, 0.3) is 0 Å². The molecule has 3 aromatic carbocycles. The summed E-state index contributed by atoms with van der Waals surface area (Å²) in [6, 6.07) is 16.2. The molecule has 0 bridgehead atoms. The predicted octanol–water partition coefficient (Wildman–Crippen LogP) is 8.70. The Labute approximate surface area is 287 Å². The summed E-state index contributed by atoms with van der Waals surface area (Å²) in [6.45, 7) is 47.0. The summed E-state index contributed by atoms with van der Waals surface area (Å²) in [5, 5.41) is 9.57. The van der Waals surface area contributed by atoms with Gasteiger partial charge in [0.2, 0.25) is 0 Å². The highest BCUT2D eigenvalue weighted by Crippen LogP contribution is 2.53. The molecule has 4 heteroatoms. The molecule has 0 aliphatic heterocycles. The summed E-state index contributed by atoms with van der Waals surface area (Å²) < 4.78 is 0. The van der Waals surface area contributed by atoms with E-state index in [9.17, 15) is 0 Å². The molecule has 1 aliphatic rings. The zero-order chi connectivity index (χ0) is 35.1. The van der Waals surface area contributed by atoms with Gasteiger partial charge in [0.15, 0.2) is 8.07 Å². The van der Waals surface area contributed by atoms with E-state index >= 15 is 0 Å². The maximum absolute atomic E-state index is 2.82. The number of aryl methyl sites for hydroxylation is 3.